The van der Waals surface area contributed by atoms with Gasteiger partial charge in [0.25, 0.3) is 0 Å². The van der Waals surface area contributed by atoms with E-state index in [0.717, 1.165) is 0 Å². The Bertz CT molecular complexity index is 1030. The molecule has 0 aliphatic carbocycles. The molecule has 0 radical (unpaired) electrons. The fourth-order valence-corrected chi connectivity index (χ4v) is 2.91. The zero-order chi connectivity index (χ0) is 20.1. The van der Waals surface area contributed by atoms with Crippen molar-refractivity contribution in [3.8, 4) is 0 Å². The van der Waals surface area contributed by atoms with E-state index in [-0.39, 0.29) is 18.8 Å². The molecule has 0 unspecified atom stereocenters. The van der Waals surface area contributed by atoms with Crippen LogP contribution in [0.2, 0.25) is 5.02 Å². The molecule has 0 bridgehead atoms. The van der Waals surface area contributed by atoms with E-state index in [1.165, 1.54) is 6.20 Å². The smallest absolute Gasteiger partial charge is 0.341 e. The number of esters is 2. The van der Waals surface area contributed by atoms with E-state index < -0.39 is 11.9 Å². The highest BCUT2D eigenvalue weighted by molar-refractivity contribution is 6.33. The van der Waals surface area contributed by atoms with Gasteiger partial charge in [-0.1, -0.05) is 23.7 Å². The highest BCUT2D eigenvalue weighted by Gasteiger charge is 2.19. The number of carbonyl (C=O) groups excluding carboxylic acids is 2. The van der Waals surface area contributed by atoms with Crippen LogP contribution in [0.15, 0.2) is 48.7 Å². The summed E-state index contributed by atoms with van der Waals surface area (Å²) in [5, 5.41) is 4.27. The maximum Gasteiger partial charge on any atom is 0.341 e. The Morgan fingerprint density at radius 2 is 1.75 bits per heavy atom. The Labute approximate surface area is 167 Å². The maximum atomic E-state index is 12.5. The molecular weight excluding hydrogens is 380 g/mol. The second kappa shape index (κ2) is 8.71. The summed E-state index contributed by atoms with van der Waals surface area (Å²) < 4.78 is 10.2. The highest BCUT2D eigenvalue weighted by atomic mass is 35.5. The van der Waals surface area contributed by atoms with Gasteiger partial charge in [0.2, 0.25) is 0 Å². The van der Waals surface area contributed by atoms with Gasteiger partial charge < -0.3 is 14.8 Å². The van der Waals surface area contributed by atoms with Gasteiger partial charge in [-0.3, -0.25) is 4.98 Å². The molecule has 1 N–H and O–H groups in total. The van der Waals surface area contributed by atoms with Crippen LogP contribution in [0.1, 0.15) is 34.6 Å². The van der Waals surface area contributed by atoms with Gasteiger partial charge in [0, 0.05) is 11.6 Å². The first-order valence-electron chi connectivity index (χ1n) is 8.83. The fraction of sp³-hybridized carbons (Fsp3) is 0.190. The molecule has 0 atom stereocenters. The molecule has 0 spiro atoms. The summed E-state index contributed by atoms with van der Waals surface area (Å²) in [5.74, 6) is -0.970. The zero-order valence-corrected chi connectivity index (χ0v) is 16.2. The molecule has 7 heteroatoms. The number of pyridine rings is 1. The molecule has 3 aromatic rings. The molecule has 0 aliphatic heterocycles. The second-order valence-electron chi connectivity index (χ2n) is 5.82. The summed E-state index contributed by atoms with van der Waals surface area (Å²) in [6.45, 7) is 3.96. The van der Waals surface area contributed by atoms with Gasteiger partial charge in [-0.25, -0.2) is 9.59 Å². The van der Waals surface area contributed by atoms with E-state index in [2.05, 4.69) is 10.3 Å². The van der Waals surface area contributed by atoms with Crippen LogP contribution < -0.4 is 5.32 Å². The molecule has 0 aliphatic rings. The van der Waals surface area contributed by atoms with E-state index in [9.17, 15) is 9.59 Å². The first kappa shape index (κ1) is 19.6. The summed E-state index contributed by atoms with van der Waals surface area (Å²) in [4.78, 5) is 29.0. The minimum absolute atomic E-state index is 0.227. The van der Waals surface area contributed by atoms with Crippen LogP contribution in [0.3, 0.4) is 0 Å². The molecule has 2 aromatic carbocycles. The number of halogens is 1. The normalized spacial score (nSPS) is 10.5. The third-order valence-electron chi connectivity index (χ3n) is 4.01. The standard InChI is InChI=1S/C21H19ClN2O4/c1-3-27-20(25)13-9-10-17-14(11-13)19(15(12-23-17)21(26)28-4-2)24-18-8-6-5-7-16(18)22/h5-12H,3-4H2,1-2H3,(H,23,24). The van der Waals surface area contributed by atoms with Gasteiger partial charge in [0.1, 0.15) is 5.56 Å². The third kappa shape index (κ3) is 4.07. The Hall–Kier alpha value is -3.12. The van der Waals surface area contributed by atoms with Crippen molar-refractivity contribution >= 4 is 45.8 Å². The third-order valence-corrected chi connectivity index (χ3v) is 4.34. The van der Waals surface area contributed by atoms with Crippen LogP contribution in [-0.4, -0.2) is 30.1 Å². The molecule has 6 nitrogen and oxygen atoms in total. The molecule has 3 rings (SSSR count). The number of hydrogen-bond donors (Lipinski definition) is 1. The number of benzene rings is 2. The molecule has 1 aromatic heterocycles. The summed E-state index contributed by atoms with van der Waals surface area (Å²) in [5.41, 5.74) is 2.29. The molecule has 0 saturated carbocycles. The van der Waals surface area contributed by atoms with Gasteiger partial charge in [0.05, 0.1) is 40.7 Å². The summed E-state index contributed by atoms with van der Waals surface area (Å²) >= 11 is 6.27. The fourth-order valence-electron chi connectivity index (χ4n) is 2.73. The van der Waals surface area contributed by atoms with Crippen molar-refractivity contribution in [2.24, 2.45) is 0 Å². The molecule has 1 heterocycles. The van der Waals surface area contributed by atoms with Gasteiger partial charge in [0.15, 0.2) is 0 Å². The van der Waals surface area contributed by atoms with Gasteiger partial charge in [-0.2, -0.15) is 0 Å². The second-order valence-corrected chi connectivity index (χ2v) is 6.23. The summed E-state index contributed by atoms with van der Waals surface area (Å²) in [6, 6.07) is 12.1. The molecule has 0 amide bonds. The maximum absolute atomic E-state index is 12.5. The number of rotatable bonds is 6. The quantitative estimate of drug-likeness (QED) is 0.589. The van der Waals surface area contributed by atoms with Crippen LogP contribution in [0.25, 0.3) is 10.9 Å². The number of nitrogens with one attached hydrogen (secondary N) is 1. The number of nitrogens with zero attached hydrogens (tertiary/aromatic N) is 1. The van der Waals surface area contributed by atoms with Crippen molar-refractivity contribution < 1.29 is 19.1 Å². The number of para-hydroxylation sites is 1. The number of ether oxygens (including phenoxy) is 2. The topological polar surface area (TPSA) is 77.5 Å². The molecule has 0 fully saturated rings. The van der Waals surface area contributed by atoms with Gasteiger partial charge >= 0.3 is 11.9 Å². The van der Waals surface area contributed by atoms with Crippen LogP contribution in [-0.2, 0) is 9.47 Å². The van der Waals surface area contributed by atoms with E-state index in [1.54, 1.807) is 44.2 Å². The van der Waals surface area contributed by atoms with E-state index in [0.29, 0.717) is 32.9 Å². The van der Waals surface area contributed by atoms with E-state index >= 15 is 0 Å². The average Bonchev–Trinajstić information content (AvgIpc) is 2.69. The van der Waals surface area contributed by atoms with E-state index in [1.807, 2.05) is 12.1 Å². The minimum Gasteiger partial charge on any atom is -0.462 e. The number of hydrogen-bond acceptors (Lipinski definition) is 6. The lowest BCUT2D eigenvalue weighted by Gasteiger charge is -2.15. The molecular formula is C21H19ClN2O4. The Morgan fingerprint density at radius 1 is 1.04 bits per heavy atom. The summed E-state index contributed by atoms with van der Waals surface area (Å²) in [6.07, 6.45) is 1.45. The van der Waals surface area contributed by atoms with Crippen molar-refractivity contribution in [1.82, 2.24) is 4.98 Å². The number of fused-ring (bicyclic) bond motifs is 1. The van der Waals surface area contributed by atoms with E-state index in [4.69, 9.17) is 21.1 Å². The highest BCUT2D eigenvalue weighted by Crippen LogP contribution is 2.33. The van der Waals surface area contributed by atoms with Gasteiger partial charge in [-0.05, 0) is 44.2 Å². The SMILES string of the molecule is CCOC(=O)c1ccc2ncc(C(=O)OCC)c(Nc3ccccc3Cl)c2c1. The minimum atomic E-state index is -0.520. The zero-order valence-electron chi connectivity index (χ0n) is 15.5. The van der Waals surface area contributed by atoms with Crippen molar-refractivity contribution in [3.05, 3.63) is 64.8 Å². The number of aromatic nitrogens is 1. The first-order chi connectivity index (χ1) is 13.5. The van der Waals surface area contributed by atoms with Crippen LogP contribution in [0.5, 0.6) is 0 Å². The number of anilines is 2. The average molecular weight is 399 g/mol. The predicted octanol–water partition coefficient (Wildman–Crippen LogP) is 4.99. The Balaban J connectivity index is 2.19. The van der Waals surface area contributed by atoms with Crippen molar-refractivity contribution in [3.63, 3.8) is 0 Å². The van der Waals surface area contributed by atoms with Crippen molar-refractivity contribution in [2.75, 3.05) is 18.5 Å². The summed E-state index contributed by atoms with van der Waals surface area (Å²) in [7, 11) is 0. The van der Waals surface area contributed by atoms with Crippen molar-refractivity contribution in [2.45, 2.75) is 13.8 Å². The lowest BCUT2D eigenvalue weighted by atomic mass is 10.1. The number of carbonyl (C=O) groups is 2. The molecule has 28 heavy (non-hydrogen) atoms. The lowest BCUT2D eigenvalue weighted by Crippen LogP contribution is -2.10. The Morgan fingerprint density at radius 3 is 2.46 bits per heavy atom. The van der Waals surface area contributed by atoms with Gasteiger partial charge in [-0.15, -0.1) is 0 Å². The first-order valence-corrected chi connectivity index (χ1v) is 9.21. The van der Waals surface area contributed by atoms with Crippen LogP contribution in [0.4, 0.5) is 11.4 Å². The largest absolute Gasteiger partial charge is 0.462 e. The monoisotopic (exact) mass is 398 g/mol. The van der Waals surface area contributed by atoms with Crippen LogP contribution in [0, 0.1) is 0 Å². The van der Waals surface area contributed by atoms with Crippen molar-refractivity contribution in [1.29, 1.82) is 0 Å². The predicted molar refractivity (Wildman–Crippen MR) is 108 cm³/mol. The molecule has 0 saturated heterocycles. The molecule has 144 valence electrons. The Kier molecular flexibility index (Phi) is 6.11. The van der Waals surface area contributed by atoms with Crippen LogP contribution >= 0.6 is 11.6 Å². The lowest BCUT2D eigenvalue weighted by molar-refractivity contribution is 0.0518.